The number of carbonyl (C=O) groups excluding carboxylic acids is 1. The number of aryl methyl sites for hydroxylation is 1. The van der Waals surface area contributed by atoms with Crippen LogP contribution >= 0.6 is 0 Å². The molecule has 1 aromatic heterocycles. The number of pyridine rings is 1. The summed E-state index contributed by atoms with van der Waals surface area (Å²) >= 11 is 0. The van der Waals surface area contributed by atoms with E-state index in [9.17, 15) is 9.59 Å². The zero-order chi connectivity index (χ0) is 19.1. The molecule has 138 valence electrons. The van der Waals surface area contributed by atoms with Crippen LogP contribution in [0.25, 0.3) is 21.8 Å². The summed E-state index contributed by atoms with van der Waals surface area (Å²) in [6.07, 6.45) is 1.97. The number of aromatic nitrogens is 1. The smallest absolute Gasteiger partial charge is 0.246 e. The first kappa shape index (κ1) is 16.8. The Labute approximate surface area is 162 Å². The molecule has 0 fully saturated rings. The van der Waals surface area contributed by atoms with E-state index in [4.69, 9.17) is 0 Å². The van der Waals surface area contributed by atoms with Crippen LogP contribution in [-0.2, 0) is 17.8 Å². The van der Waals surface area contributed by atoms with E-state index in [1.807, 2.05) is 76.2 Å². The summed E-state index contributed by atoms with van der Waals surface area (Å²) in [7, 11) is 0. The highest BCUT2D eigenvalue weighted by atomic mass is 16.2. The number of carbonyl (C=O) groups is 1. The van der Waals surface area contributed by atoms with Gasteiger partial charge in [-0.15, -0.1) is 0 Å². The Morgan fingerprint density at radius 1 is 0.821 bits per heavy atom. The quantitative estimate of drug-likeness (QED) is 0.499. The van der Waals surface area contributed by atoms with Gasteiger partial charge in [0.25, 0.3) is 0 Å². The van der Waals surface area contributed by atoms with Crippen molar-refractivity contribution in [3.8, 4) is 0 Å². The van der Waals surface area contributed by atoms with Crippen LogP contribution in [0.3, 0.4) is 0 Å². The highest BCUT2D eigenvalue weighted by molar-refractivity contribution is 5.98. The third kappa shape index (κ3) is 2.61. The average molecular weight is 368 g/mol. The Morgan fingerprint density at radius 2 is 1.43 bits per heavy atom. The highest BCUT2D eigenvalue weighted by Crippen LogP contribution is 2.27. The van der Waals surface area contributed by atoms with Crippen LogP contribution in [0.15, 0.2) is 77.6 Å². The molecule has 4 aromatic rings. The van der Waals surface area contributed by atoms with Crippen molar-refractivity contribution < 1.29 is 4.79 Å². The van der Waals surface area contributed by atoms with Crippen molar-refractivity contribution in [3.63, 3.8) is 0 Å². The molecule has 0 N–H and O–H groups in total. The molecule has 3 aromatic carbocycles. The molecule has 5 rings (SSSR count). The molecule has 28 heavy (non-hydrogen) atoms. The van der Waals surface area contributed by atoms with E-state index in [0.29, 0.717) is 10.8 Å². The van der Waals surface area contributed by atoms with Gasteiger partial charge in [-0.2, -0.15) is 0 Å². The number of nitrogens with zero attached hydrogens (tertiary/aromatic N) is 2. The Kier molecular flexibility index (Phi) is 3.97. The SMILES string of the molecule is O=C(Cn1c2ccccc2c(=O)c2ccccc21)N1CCCc2ccccc21. The zero-order valence-corrected chi connectivity index (χ0v) is 15.5. The van der Waals surface area contributed by atoms with Gasteiger partial charge in [0.2, 0.25) is 5.91 Å². The van der Waals surface area contributed by atoms with Gasteiger partial charge < -0.3 is 9.47 Å². The van der Waals surface area contributed by atoms with E-state index in [1.54, 1.807) is 0 Å². The molecule has 4 nitrogen and oxygen atoms in total. The van der Waals surface area contributed by atoms with Crippen molar-refractivity contribution >= 4 is 33.4 Å². The molecule has 0 atom stereocenters. The topological polar surface area (TPSA) is 42.3 Å². The third-order valence-electron chi connectivity index (χ3n) is 5.58. The normalized spacial score (nSPS) is 13.6. The molecule has 0 aliphatic carbocycles. The number of anilines is 1. The van der Waals surface area contributed by atoms with Crippen LogP contribution in [0.2, 0.25) is 0 Å². The molecular weight excluding hydrogens is 348 g/mol. The predicted molar refractivity (Wildman–Crippen MR) is 113 cm³/mol. The van der Waals surface area contributed by atoms with Gasteiger partial charge in [-0.3, -0.25) is 9.59 Å². The summed E-state index contributed by atoms with van der Waals surface area (Å²) in [5, 5.41) is 1.29. The Morgan fingerprint density at radius 3 is 2.14 bits per heavy atom. The third-order valence-corrected chi connectivity index (χ3v) is 5.58. The lowest BCUT2D eigenvalue weighted by molar-refractivity contribution is -0.119. The maximum Gasteiger partial charge on any atom is 0.246 e. The summed E-state index contributed by atoms with van der Waals surface area (Å²) in [5.74, 6) is 0.0473. The molecule has 0 unspecified atom stereocenters. The van der Waals surface area contributed by atoms with Crippen molar-refractivity contribution in [3.05, 3.63) is 88.6 Å². The van der Waals surface area contributed by atoms with Crippen LogP contribution in [0, 0.1) is 0 Å². The standard InChI is InChI=1S/C24H20N2O2/c27-23(25-15-7-9-17-8-1-4-12-20(17)25)16-26-21-13-5-2-10-18(21)24(28)19-11-3-6-14-22(19)26/h1-6,8,10-14H,7,9,15-16H2. The van der Waals surface area contributed by atoms with E-state index in [-0.39, 0.29) is 17.9 Å². The maximum absolute atomic E-state index is 13.3. The van der Waals surface area contributed by atoms with Crippen molar-refractivity contribution in [1.82, 2.24) is 4.57 Å². The number of rotatable bonds is 2. The lowest BCUT2D eigenvalue weighted by Gasteiger charge is -2.30. The van der Waals surface area contributed by atoms with E-state index < -0.39 is 0 Å². The van der Waals surface area contributed by atoms with E-state index >= 15 is 0 Å². The van der Waals surface area contributed by atoms with Gasteiger partial charge in [0.05, 0.1) is 11.0 Å². The van der Waals surface area contributed by atoms with Crippen LogP contribution < -0.4 is 10.3 Å². The van der Waals surface area contributed by atoms with Crippen LogP contribution in [-0.4, -0.2) is 17.0 Å². The second kappa shape index (κ2) is 6.64. The number of fused-ring (bicyclic) bond motifs is 3. The van der Waals surface area contributed by atoms with E-state index in [2.05, 4.69) is 6.07 Å². The zero-order valence-electron chi connectivity index (χ0n) is 15.5. The molecule has 4 heteroatoms. The largest absolute Gasteiger partial charge is 0.331 e. The number of hydrogen-bond donors (Lipinski definition) is 0. The average Bonchev–Trinajstić information content (AvgIpc) is 2.76. The van der Waals surface area contributed by atoms with Gasteiger partial charge in [-0.25, -0.2) is 0 Å². The van der Waals surface area contributed by atoms with Crippen LogP contribution in [0.5, 0.6) is 0 Å². The number of para-hydroxylation sites is 3. The minimum absolute atomic E-state index is 0.0122. The van der Waals surface area contributed by atoms with Crippen molar-refractivity contribution in [1.29, 1.82) is 0 Å². The summed E-state index contributed by atoms with van der Waals surface area (Å²) in [5.41, 5.74) is 3.83. The van der Waals surface area contributed by atoms with E-state index in [0.717, 1.165) is 36.1 Å². The minimum atomic E-state index is 0.0122. The summed E-state index contributed by atoms with van der Waals surface area (Å²) < 4.78 is 1.98. The van der Waals surface area contributed by atoms with Gasteiger partial charge >= 0.3 is 0 Å². The van der Waals surface area contributed by atoms with Gasteiger partial charge in [0.15, 0.2) is 5.43 Å². The first-order chi connectivity index (χ1) is 13.7. The van der Waals surface area contributed by atoms with Crippen LogP contribution in [0.1, 0.15) is 12.0 Å². The first-order valence-corrected chi connectivity index (χ1v) is 9.62. The van der Waals surface area contributed by atoms with Gasteiger partial charge in [-0.1, -0.05) is 42.5 Å². The molecule has 0 saturated carbocycles. The molecule has 0 spiro atoms. The van der Waals surface area contributed by atoms with Gasteiger partial charge in [0.1, 0.15) is 6.54 Å². The van der Waals surface area contributed by atoms with Gasteiger partial charge in [0, 0.05) is 23.0 Å². The Balaban J connectivity index is 1.65. The van der Waals surface area contributed by atoms with E-state index in [1.165, 1.54) is 5.56 Å². The number of amides is 1. The predicted octanol–water partition coefficient (Wildman–Crippen LogP) is 4.13. The molecule has 0 radical (unpaired) electrons. The number of benzene rings is 3. The molecular formula is C24H20N2O2. The Hall–Kier alpha value is -3.40. The van der Waals surface area contributed by atoms with Crippen molar-refractivity contribution in [2.24, 2.45) is 0 Å². The monoisotopic (exact) mass is 368 g/mol. The summed E-state index contributed by atoms with van der Waals surface area (Å²) in [6, 6.07) is 23.2. The first-order valence-electron chi connectivity index (χ1n) is 9.62. The lowest BCUT2D eigenvalue weighted by atomic mass is 10.0. The second-order valence-electron chi connectivity index (χ2n) is 7.23. The fourth-order valence-electron chi connectivity index (χ4n) is 4.26. The second-order valence-corrected chi connectivity index (χ2v) is 7.23. The van der Waals surface area contributed by atoms with Crippen molar-refractivity contribution in [2.75, 3.05) is 11.4 Å². The molecule has 0 bridgehead atoms. The molecule has 1 aliphatic heterocycles. The maximum atomic E-state index is 13.3. The fourth-order valence-corrected chi connectivity index (χ4v) is 4.26. The molecule has 2 heterocycles. The lowest BCUT2D eigenvalue weighted by Crippen LogP contribution is -2.38. The molecule has 1 amide bonds. The number of hydrogen-bond acceptors (Lipinski definition) is 2. The van der Waals surface area contributed by atoms with Gasteiger partial charge in [-0.05, 0) is 48.7 Å². The van der Waals surface area contributed by atoms with Crippen LogP contribution in [0.4, 0.5) is 5.69 Å². The minimum Gasteiger partial charge on any atom is -0.331 e. The summed E-state index contributed by atoms with van der Waals surface area (Å²) in [6.45, 7) is 0.932. The highest BCUT2D eigenvalue weighted by Gasteiger charge is 2.23. The fraction of sp³-hybridized carbons (Fsp3) is 0.167. The summed E-state index contributed by atoms with van der Waals surface area (Å²) in [4.78, 5) is 28.1. The Bertz CT molecular complexity index is 1210. The van der Waals surface area contributed by atoms with Crippen molar-refractivity contribution in [2.45, 2.75) is 19.4 Å². The molecule has 1 aliphatic rings. The molecule has 0 saturated heterocycles.